The quantitative estimate of drug-likeness (QED) is 0.515. The Hall–Kier alpha value is 1.21. The molecule has 0 radical (unpaired) electrons. The molecule has 0 unspecified atom stereocenters. The van der Waals surface area contributed by atoms with E-state index in [0.29, 0.717) is 0 Å². The van der Waals surface area contributed by atoms with Gasteiger partial charge in [-0.05, 0) is 0 Å². The van der Waals surface area contributed by atoms with Crippen LogP contribution in [0.2, 0.25) is 0 Å². The van der Waals surface area contributed by atoms with Gasteiger partial charge < -0.3 is 0 Å². The fourth-order valence-corrected chi connectivity index (χ4v) is 0. The Kier molecular flexibility index (Phi) is 66.4. The van der Waals surface area contributed by atoms with Crippen molar-refractivity contribution in [3.8, 4) is 0 Å². The summed E-state index contributed by atoms with van der Waals surface area (Å²) in [5.74, 6) is 0. The van der Waals surface area contributed by atoms with Crippen molar-refractivity contribution in [1.82, 2.24) is 0 Å². The van der Waals surface area contributed by atoms with Gasteiger partial charge in [0, 0.05) is 0 Å². The van der Waals surface area contributed by atoms with E-state index >= 15 is 0 Å². The van der Waals surface area contributed by atoms with Gasteiger partial charge in [-0.1, -0.05) is 0 Å². The van der Waals surface area contributed by atoms with E-state index in [9.17, 15) is 0 Å². The molecule has 0 aromatic rings. The second kappa shape index (κ2) is 29.6. The van der Waals surface area contributed by atoms with E-state index < -0.39 is 0 Å². The summed E-state index contributed by atoms with van der Waals surface area (Å²) in [7, 11) is 0. The van der Waals surface area contributed by atoms with Crippen LogP contribution in [0.5, 0.6) is 0 Å². The summed E-state index contributed by atoms with van der Waals surface area (Å²) < 4.78 is 16.3. The van der Waals surface area contributed by atoms with Crippen LogP contribution in [0.1, 0.15) is 0 Å². The fraction of sp³-hybridized carbons (Fsp3) is 0. The molecule has 0 aromatic carbocycles. The second-order valence-corrected chi connectivity index (χ2v) is 0. The van der Waals surface area contributed by atoms with Gasteiger partial charge in [-0.15, -0.1) is 0 Å². The Balaban J connectivity index is 0. The first-order valence-corrected chi connectivity index (χ1v) is 1.96. The summed E-state index contributed by atoms with van der Waals surface area (Å²) in [5.41, 5.74) is 0. The first-order valence-electron chi connectivity index (χ1n) is 0.372. The molecule has 24 valence electrons. The topological polar surface area (TPSA) is 34.1 Å². The van der Waals surface area contributed by atoms with Gasteiger partial charge in [0.1, 0.15) is 0 Å². The van der Waals surface area contributed by atoms with E-state index in [4.69, 9.17) is 5.91 Å². The van der Waals surface area contributed by atoms with Crippen LogP contribution in [0.25, 0.3) is 0 Å². The van der Waals surface area contributed by atoms with E-state index in [0.717, 1.165) is 0 Å². The Bertz CT molecular complexity index is 8.00. The Morgan fingerprint density at radius 2 is 1.25 bits per heavy atom. The van der Waals surface area contributed by atoms with Crippen molar-refractivity contribution in [1.29, 1.82) is 0 Å². The maximum absolute atomic E-state index is 8.38. The third-order valence-electron chi connectivity index (χ3n) is 0. The molecule has 0 rings (SSSR count). The molecule has 0 saturated heterocycles. The summed E-state index contributed by atoms with van der Waals surface area (Å²) in [6, 6.07) is 0. The van der Waals surface area contributed by atoms with Crippen molar-refractivity contribution in [3.05, 3.63) is 0 Å². The SMILES string of the molecule is [O]=[Co].[O]=[Y]. The molecule has 2 nitrogen and oxygen atoms in total. The number of hydrogen-bond acceptors (Lipinski definition) is 2. The average Bonchev–Trinajstić information content (AvgIpc) is 1.50. The van der Waals surface area contributed by atoms with Crippen LogP contribution in [-0.4, -0.2) is 0 Å². The molecule has 0 aliphatic heterocycles. The van der Waals surface area contributed by atoms with Crippen LogP contribution in [0.3, 0.4) is 0 Å². The van der Waals surface area contributed by atoms with Crippen LogP contribution < -0.4 is 0 Å². The molecule has 0 heterocycles. The molecule has 0 N–H and O–H groups in total. The van der Waals surface area contributed by atoms with E-state index in [1.54, 1.807) is 0 Å². The molecule has 0 saturated carbocycles. The fourth-order valence-electron chi connectivity index (χ4n) is 0. The molecule has 0 aromatic heterocycles. The van der Waals surface area contributed by atoms with Gasteiger partial charge >= 0.3 is 52.6 Å². The first-order chi connectivity index (χ1) is 2.00. The molecule has 0 fully saturated rings. The Morgan fingerprint density at radius 1 is 1.25 bits per heavy atom. The summed E-state index contributed by atoms with van der Waals surface area (Å²) in [6.07, 6.45) is 0. The number of rotatable bonds is 0. The van der Waals surface area contributed by atoms with Gasteiger partial charge in [0.15, 0.2) is 0 Å². The normalized spacial score (nSPS) is 2.75. The van der Waals surface area contributed by atoms with Crippen molar-refractivity contribution >= 4 is 0 Å². The van der Waals surface area contributed by atoms with E-state index in [1.807, 2.05) is 0 Å². The van der Waals surface area contributed by atoms with Crippen LogP contribution in [0.15, 0.2) is 0 Å². The van der Waals surface area contributed by atoms with Gasteiger partial charge in [-0.2, -0.15) is 0 Å². The van der Waals surface area contributed by atoms with E-state index in [1.165, 1.54) is 0 Å². The molecule has 0 aliphatic rings. The number of hydrogen-bond donors (Lipinski definition) is 0. The van der Waals surface area contributed by atoms with E-state index in [-0.39, 0.29) is 31.0 Å². The van der Waals surface area contributed by atoms with Crippen LogP contribution >= 0.6 is 0 Å². The minimum absolute atomic E-state index is 0.100. The molecule has 0 spiro atoms. The molecular weight excluding hydrogens is 180 g/mol. The maximum atomic E-state index is 8.38. The van der Waals surface area contributed by atoms with Crippen molar-refractivity contribution in [2.45, 2.75) is 0 Å². The van der Waals surface area contributed by atoms with Crippen LogP contribution in [0.4, 0.5) is 0 Å². The third kappa shape index (κ3) is 10.7. The predicted octanol–water partition coefficient (Wildman–Crippen LogP) is -0.243. The van der Waals surface area contributed by atoms with Gasteiger partial charge in [-0.25, -0.2) is 0 Å². The summed E-state index contributed by atoms with van der Waals surface area (Å²) in [5, 5.41) is 0. The summed E-state index contributed by atoms with van der Waals surface area (Å²) >= 11 is 2.41. The van der Waals surface area contributed by atoms with Gasteiger partial charge in [0.05, 0.1) is 0 Å². The van der Waals surface area contributed by atoms with Crippen molar-refractivity contribution in [2.24, 2.45) is 0 Å². The van der Waals surface area contributed by atoms with Gasteiger partial charge in [0.25, 0.3) is 0 Å². The summed E-state index contributed by atoms with van der Waals surface area (Å²) in [6.45, 7) is 0. The zero-order valence-electron chi connectivity index (χ0n) is 1.73. The van der Waals surface area contributed by atoms with Crippen molar-refractivity contribution < 1.29 is 52.6 Å². The second-order valence-electron chi connectivity index (χ2n) is 0. The molecule has 4 heavy (non-hydrogen) atoms. The average molecular weight is 180 g/mol. The zero-order valence-corrected chi connectivity index (χ0v) is 5.61. The zero-order chi connectivity index (χ0) is 4.00. The minimum atomic E-state index is 0.100. The predicted molar refractivity (Wildman–Crippen MR) is 1.37 cm³/mol. The first kappa shape index (κ1) is 8.96. The van der Waals surface area contributed by atoms with Gasteiger partial charge in [-0.3, -0.25) is 0 Å². The van der Waals surface area contributed by atoms with Crippen molar-refractivity contribution in [3.63, 3.8) is 0 Å². The van der Waals surface area contributed by atoms with Crippen LogP contribution in [-0.2, 0) is 52.6 Å². The monoisotopic (exact) mass is 180 g/mol. The molecule has 4 heteroatoms. The van der Waals surface area contributed by atoms with E-state index in [2.05, 4.69) is 15.7 Å². The molecule has 0 bridgehead atoms. The molecular formula is CoO2Y. The molecule has 0 amide bonds. The third-order valence-corrected chi connectivity index (χ3v) is 0. The Labute approximate surface area is 52.2 Å². The molecule has 0 atom stereocenters. The van der Waals surface area contributed by atoms with Crippen LogP contribution in [0, 0.1) is 0 Å². The van der Waals surface area contributed by atoms with Crippen molar-refractivity contribution in [2.75, 3.05) is 0 Å². The standard InChI is InChI=1S/Co.2O.Y. The Morgan fingerprint density at radius 3 is 1.25 bits per heavy atom. The molecule has 0 aliphatic carbocycles. The van der Waals surface area contributed by atoms with Gasteiger partial charge in [0.2, 0.25) is 0 Å². The summed E-state index contributed by atoms with van der Waals surface area (Å²) in [4.78, 5) is 0.